The summed E-state index contributed by atoms with van der Waals surface area (Å²) in [6.45, 7) is 9.44. The summed E-state index contributed by atoms with van der Waals surface area (Å²) in [7, 11) is 0. The Morgan fingerprint density at radius 3 is 0.971 bits per heavy atom. The molecule has 0 aliphatic heterocycles. The maximum absolute atomic E-state index is 5.50. The van der Waals surface area contributed by atoms with Crippen molar-refractivity contribution in [2.45, 2.75) is 38.5 Å². The molecule has 6 heteroatoms. The lowest BCUT2D eigenvalue weighted by Crippen LogP contribution is -2.15. The predicted molar refractivity (Wildman–Crippen MR) is 434 cm³/mol. The summed E-state index contributed by atoms with van der Waals surface area (Å²) in [5, 5.41) is 10.8. The number of aromatic nitrogens is 6. The highest BCUT2D eigenvalue weighted by molar-refractivity contribution is 6.15. The molecular formula is C98H66N6. The quantitative estimate of drug-likeness (QED) is 0.152. The molecule has 0 unspecified atom stereocenters. The van der Waals surface area contributed by atoms with Gasteiger partial charge in [-0.2, -0.15) is 0 Å². The van der Waals surface area contributed by atoms with Gasteiger partial charge in [0.15, 0.2) is 5.82 Å². The van der Waals surface area contributed by atoms with Gasteiger partial charge in [-0.15, -0.1) is 0 Å². The number of rotatable bonds is 8. The normalized spacial score (nSPS) is 13.5. The van der Waals surface area contributed by atoms with Gasteiger partial charge in [0, 0.05) is 93.2 Å². The fraction of sp³-hybridized carbons (Fsp3) is 0.0612. The summed E-state index contributed by atoms with van der Waals surface area (Å²) in [6.07, 6.45) is 0. The van der Waals surface area contributed by atoms with E-state index in [9.17, 15) is 0 Å². The SMILES string of the molecule is CC1(C)c2ccccc2-c2ccc(-n3c4ccccc4c4cc(-c5ccc6c(c5)c5ccccc5n6-c5ccc(-c6nc(-c7ccccc7)c7cc(-n8c9ccccc9c9cc(-c%10ccc%11c(c%10)c%10ccccc%10n%11-c%10ccc%11c(c%10)C(C)(C)c%10ccccc%10-%11)ccc98)ccc7n6)cc5)ccc43)cc21. The highest BCUT2D eigenvalue weighted by Crippen LogP contribution is 2.52. The van der Waals surface area contributed by atoms with Gasteiger partial charge in [-0.25, -0.2) is 9.97 Å². The molecule has 104 heavy (non-hydrogen) atoms. The first-order chi connectivity index (χ1) is 51.1. The molecule has 0 amide bonds. The number of benzene rings is 15. The Morgan fingerprint density at radius 2 is 0.538 bits per heavy atom. The van der Waals surface area contributed by atoms with Gasteiger partial charge < -0.3 is 18.3 Å². The van der Waals surface area contributed by atoms with Gasteiger partial charge in [-0.1, -0.05) is 216 Å². The van der Waals surface area contributed by atoms with Crippen molar-refractivity contribution in [1.29, 1.82) is 0 Å². The van der Waals surface area contributed by atoms with Gasteiger partial charge in [-0.3, -0.25) is 0 Å². The van der Waals surface area contributed by atoms with Crippen molar-refractivity contribution in [1.82, 2.24) is 28.2 Å². The first kappa shape index (κ1) is 58.6. The molecule has 15 aromatic carbocycles. The van der Waals surface area contributed by atoms with E-state index >= 15 is 0 Å². The van der Waals surface area contributed by atoms with E-state index in [1.807, 2.05) is 0 Å². The molecule has 5 heterocycles. The molecule has 20 aromatic rings. The van der Waals surface area contributed by atoms with Crippen molar-refractivity contribution in [3.63, 3.8) is 0 Å². The third-order valence-electron chi connectivity index (χ3n) is 23.4. The smallest absolute Gasteiger partial charge is 0.160 e. The Kier molecular flexibility index (Phi) is 12.2. The van der Waals surface area contributed by atoms with Crippen LogP contribution in [0.3, 0.4) is 0 Å². The Balaban J connectivity index is 0.597. The first-order valence-corrected chi connectivity index (χ1v) is 36.2. The molecule has 6 nitrogen and oxygen atoms in total. The Labute approximate surface area is 600 Å². The van der Waals surface area contributed by atoms with E-state index < -0.39 is 0 Å². The molecule has 0 spiro atoms. The second-order valence-electron chi connectivity index (χ2n) is 29.6. The number of hydrogen-bond donors (Lipinski definition) is 0. The monoisotopic (exact) mass is 1330 g/mol. The second kappa shape index (κ2) is 21.7. The molecule has 22 rings (SSSR count). The van der Waals surface area contributed by atoms with Crippen LogP contribution in [-0.2, 0) is 10.8 Å². The van der Waals surface area contributed by atoms with Crippen LogP contribution in [0.4, 0.5) is 0 Å². The molecule has 5 aromatic heterocycles. The lowest BCUT2D eigenvalue weighted by Gasteiger charge is -2.22. The maximum Gasteiger partial charge on any atom is 0.160 e. The minimum Gasteiger partial charge on any atom is -0.309 e. The van der Waals surface area contributed by atoms with Crippen LogP contribution < -0.4 is 0 Å². The predicted octanol–water partition coefficient (Wildman–Crippen LogP) is 25.3. The van der Waals surface area contributed by atoms with Gasteiger partial charge in [0.25, 0.3) is 0 Å². The van der Waals surface area contributed by atoms with Crippen LogP contribution in [0.2, 0.25) is 0 Å². The van der Waals surface area contributed by atoms with Crippen molar-refractivity contribution < 1.29 is 0 Å². The highest BCUT2D eigenvalue weighted by Gasteiger charge is 2.37. The fourth-order valence-electron chi connectivity index (χ4n) is 18.3. The maximum atomic E-state index is 5.50. The zero-order valence-electron chi connectivity index (χ0n) is 57.9. The minimum atomic E-state index is -0.0970. The number of nitrogens with zero attached hydrogens (tertiary/aromatic N) is 6. The standard InChI is InChI=1S/C98H66N6/c1-97(2)82-28-14-8-22-69(82)71-45-42-67(57-84(71)97)103-89-32-18-12-26-75(89)79-54-63(38-50-93(79)103)61-36-48-91-77(52-61)73-24-10-16-30-87(73)101(91)65-40-34-60(35-41-65)96-99-86-47-44-66(56-81(86)95(100-96)59-20-6-5-7-21-59)102-88-31-17-11-25-74(88)78-53-62(37-49-92(78)102)64-39-51-94-80(55-64)76-27-13-19-33-90(76)104(94)68-43-46-72-70-23-9-15-29-83(70)98(3,4)85(72)58-68/h5-58H,1-4H3. The van der Waals surface area contributed by atoms with Gasteiger partial charge in [-0.05, 0) is 206 Å². The van der Waals surface area contributed by atoms with Gasteiger partial charge in [0.2, 0.25) is 0 Å². The average molecular weight is 1330 g/mol. The topological polar surface area (TPSA) is 45.5 Å². The number of para-hydroxylation sites is 4. The number of fused-ring (bicyclic) bond motifs is 19. The van der Waals surface area contributed by atoms with E-state index in [1.165, 1.54) is 143 Å². The molecule has 0 bridgehead atoms. The van der Waals surface area contributed by atoms with Crippen molar-refractivity contribution >= 4 is 98.1 Å². The molecule has 0 atom stereocenters. The summed E-state index contributed by atoms with van der Waals surface area (Å²) < 4.78 is 9.72. The first-order valence-electron chi connectivity index (χ1n) is 36.2. The minimum absolute atomic E-state index is 0.0940. The fourth-order valence-corrected chi connectivity index (χ4v) is 18.3. The third kappa shape index (κ3) is 8.39. The Morgan fingerprint density at radius 1 is 0.212 bits per heavy atom. The summed E-state index contributed by atoms with van der Waals surface area (Å²) in [6, 6.07) is 121. The van der Waals surface area contributed by atoms with E-state index in [-0.39, 0.29) is 10.8 Å². The lowest BCUT2D eigenvalue weighted by atomic mass is 9.82. The molecule has 0 saturated carbocycles. The van der Waals surface area contributed by atoms with Crippen molar-refractivity contribution in [3.05, 3.63) is 350 Å². The molecule has 2 aliphatic rings. The molecule has 2 aliphatic carbocycles. The van der Waals surface area contributed by atoms with Gasteiger partial charge >= 0.3 is 0 Å². The van der Waals surface area contributed by atoms with E-state index in [0.717, 1.165) is 61.2 Å². The molecular weight excluding hydrogens is 1260 g/mol. The number of hydrogen-bond acceptors (Lipinski definition) is 2. The summed E-state index contributed by atoms with van der Waals surface area (Å²) in [5.74, 6) is 0.676. The summed E-state index contributed by atoms with van der Waals surface area (Å²) in [4.78, 5) is 10.9. The van der Waals surface area contributed by atoms with Crippen LogP contribution >= 0.6 is 0 Å². The molecule has 0 N–H and O–H groups in total. The van der Waals surface area contributed by atoms with E-state index in [1.54, 1.807) is 0 Å². The largest absolute Gasteiger partial charge is 0.309 e. The zero-order valence-corrected chi connectivity index (χ0v) is 57.9. The third-order valence-corrected chi connectivity index (χ3v) is 23.4. The van der Waals surface area contributed by atoms with Crippen molar-refractivity contribution in [2.24, 2.45) is 0 Å². The zero-order chi connectivity index (χ0) is 68.8. The molecule has 0 radical (unpaired) electrons. The summed E-state index contributed by atoms with van der Waals surface area (Å²) >= 11 is 0. The van der Waals surface area contributed by atoms with Crippen LogP contribution in [0.25, 0.3) is 188 Å². The van der Waals surface area contributed by atoms with Crippen LogP contribution in [0.15, 0.2) is 328 Å². The van der Waals surface area contributed by atoms with E-state index in [0.29, 0.717) is 5.82 Å². The van der Waals surface area contributed by atoms with Crippen LogP contribution in [0.5, 0.6) is 0 Å². The summed E-state index contributed by atoms with van der Waals surface area (Å²) in [5.41, 5.74) is 33.0. The average Bonchev–Trinajstić information content (AvgIpc) is 1.52. The van der Waals surface area contributed by atoms with Crippen LogP contribution in [-0.4, -0.2) is 28.2 Å². The van der Waals surface area contributed by atoms with Gasteiger partial charge in [0.1, 0.15) is 0 Å². The highest BCUT2D eigenvalue weighted by atomic mass is 15.0. The van der Waals surface area contributed by atoms with Gasteiger partial charge in [0.05, 0.1) is 55.3 Å². The molecule has 488 valence electrons. The lowest BCUT2D eigenvalue weighted by molar-refractivity contribution is 0.660. The second-order valence-corrected chi connectivity index (χ2v) is 29.6. The van der Waals surface area contributed by atoms with E-state index in [2.05, 4.69) is 374 Å². The van der Waals surface area contributed by atoms with Crippen LogP contribution in [0.1, 0.15) is 49.9 Å². The van der Waals surface area contributed by atoms with Crippen molar-refractivity contribution in [3.8, 4) is 89.9 Å². The Bertz CT molecular complexity index is 7090. The van der Waals surface area contributed by atoms with E-state index in [4.69, 9.17) is 9.97 Å². The molecule has 0 fully saturated rings. The Hall–Kier alpha value is -13.2. The molecule has 0 saturated heterocycles. The van der Waals surface area contributed by atoms with Crippen LogP contribution in [0, 0.1) is 0 Å². The van der Waals surface area contributed by atoms with Crippen molar-refractivity contribution in [2.75, 3.05) is 0 Å².